The summed E-state index contributed by atoms with van der Waals surface area (Å²) in [6.07, 6.45) is 0.861. The third-order valence-corrected chi connectivity index (χ3v) is 5.89. The normalized spacial score (nSPS) is 20.7. The van der Waals surface area contributed by atoms with Gasteiger partial charge in [0.25, 0.3) is 0 Å². The van der Waals surface area contributed by atoms with E-state index in [9.17, 15) is 8.42 Å². The zero-order valence-electron chi connectivity index (χ0n) is 9.97. The highest BCUT2D eigenvalue weighted by Gasteiger charge is 2.32. The Morgan fingerprint density at radius 3 is 2.61 bits per heavy atom. The van der Waals surface area contributed by atoms with Crippen LogP contribution in [0.1, 0.15) is 6.42 Å². The molecule has 1 heterocycles. The minimum Gasteiger partial charge on any atom is -0.316 e. The first-order chi connectivity index (χ1) is 8.05. The smallest absolute Gasteiger partial charge is 0.244 e. The molecule has 0 radical (unpaired) electrons. The summed E-state index contributed by atoms with van der Waals surface area (Å²) < 4.78 is 26.9. The van der Waals surface area contributed by atoms with Gasteiger partial charge in [-0.05, 0) is 41.5 Å². The number of hydrogen-bond acceptors (Lipinski definition) is 3. The number of nitrogens with zero attached hydrogens (tertiary/aromatic N) is 1. The molecule has 102 valence electrons. The molecule has 1 fully saturated rings. The molecule has 1 aromatic carbocycles. The van der Waals surface area contributed by atoms with Gasteiger partial charge in [-0.25, -0.2) is 8.42 Å². The van der Waals surface area contributed by atoms with Crippen LogP contribution in [-0.2, 0) is 10.0 Å². The Morgan fingerprint density at radius 2 is 2.06 bits per heavy atom. The maximum Gasteiger partial charge on any atom is 0.244 e. The number of hydrogen-bond donors (Lipinski definition) is 1. The molecule has 4 nitrogen and oxygen atoms in total. The molecule has 1 atom stereocenters. The molecule has 0 spiro atoms. The summed E-state index contributed by atoms with van der Waals surface area (Å²) in [4.78, 5) is 0.344. The lowest BCUT2D eigenvalue weighted by atomic mass is 10.3. The van der Waals surface area contributed by atoms with Gasteiger partial charge in [0.1, 0.15) is 0 Å². The highest BCUT2D eigenvalue weighted by atomic mass is 79.9. The molecule has 1 aliphatic rings. The monoisotopic (exact) mass is 354 g/mol. The van der Waals surface area contributed by atoms with Crippen LogP contribution in [0.25, 0.3) is 0 Å². The molecule has 0 aromatic heterocycles. The molecular weight excluding hydrogens is 340 g/mol. The van der Waals surface area contributed by atoms with Gasteiger partial charge in [0.05, 0.1) is 4.90 Å². The molecule has 0 amide bonds. The average Bonchev–Trinajstić information content (AvgIpc) is 2.78. The van der Waals surface area contributed by atoms with Crippen LogP contribution in [0.3, 0.4) is 0 Å². The second-order valence-corrected chi connectivity index (χ2v) is 6.83. The maximum absolute atomic E-state index is 12.4. The van der Waals surface area contributed by atoms with Crippen LogP contribution < -0.4 is 5.32 Å². The molecule has 1 N–H and O–H groups in total. The lowest BCUT2D eigenvalue weighted by molar-refractivity contribution is 0.464. The average molecular weight is 356 g/mol. The van der Waals surface area contributed by atoms with Crippen LogP contribution in [0.15, 0.2) is 33.6 Å². The van der Waals surface area contributed by atoms with Crippen LogP contribution in [0, 0.1) is 0 Å². The molecule has 2 rings (SSSR count). The number of likely N-dealkylation sites (N-methyl/N-ethyl adjacent to an activating group) is 1. The highest BCUT2D eigenvalue weighted by Crippen LogP contribution is 2.26. The van der Waals surface area contributed by atoms with E-state index in [0.29, 0.717) is 22.5 Å². The molecule has 0 saturated carbocycles. The van der Waals surface area contributed by atoms with E-state index in [4.69, 9.17) is 0 Å². The molecule has 1 aliphatic heterocycles. The fraction of sp³-hybridized carbons (Fsp3) is 0.455. The summed E-state index contributed by atoms with van der Waals surface area (Å²) in [5.74, 6) is 0. The highest BCUT2D eigenvalue weighted by molar-refractivity contribution is 9.10. The van der Waals surface area contributed by atoms with Crippen molar-refractivity contribution in [3.05, 3.63) is 28.7 Å². The molecule has 0 bridgehead atoms. The summed E-state index contributed by atoms with van der Waals surface area (Å²) in [6.45, 7) is 1.12. The van der Waals surface area contributed by atoms with E-state index < -0.39 is 10.0 Å². The number of nitrogens with one attached hydrogen (secondary N) is 1. The third-order valence-electron chi connectivity index (χ3n) is 3.01. The Morgan fingerprint density at radius 1 is 1.39 bits per heavy atom. The van der Waals surface area contributed by atoms with E-state index in [1.807, 2.05) is 13.1 Å². The van der Waals surface area contributed by atoms with E-state index in [1.165, 1.54) is 4.31 Å². The number of rotatable bonds is 3. The van der Waals surface area contributed by atoms with Crippen LogP contribution in [0.5, 0.6) is 0 Å². The van der Waals surface area contributed by atoms with E-state index >= 15 is 0 Å². The van der Waals surface area contributed by atoms with E-state index in [-0.39, 0.29) is 18.4 Å². The van der Waals surface area contributed by atoms with Gasteiger partial charge < -0.3 is 5.32 Å². The van der Waals surface area contributed by atoms with Crippen molar-refractivity contribution in [1.29, 1.82) is 0 Å². The summed E-state index contributed by atoms with van der Waals surface area (Å²) in [7, 11) is -1.51. The quantitative estimate of drug-likeness (QED) is 0.900. The first-order valence-electron chi connectivity index (χ1n) is 5.47. The molecule has 1 aromatic rings. The number of sulfonamides is 1. The van der Waals surface area contributed by atoms with Crippen molar-refractivity contribution < 1.29 is 8.42 Å². The maximum atomic E-state index is 12.4. The lowest BCUT2D eigenvalue weighted by Gasteiger charge is -2.17. The topological polar surface area (TPSA) is 49.4 Å². The van der Waals surface area contributed by atoms with Gasteiger partial charge in [-0.3, -0.25) is 0 Å². The molecule has 18 heavy (non-hydrogen) atoms. The van der Waals surface area contributed by atoms with Crippen LogP contribution in [0.4, 0.5) is 0 Å². The zero-order valence-corrected chi connectivity index (χ0v) is 13.2. The van der Waals surface area contributed by atoms with Crippen molar-refractivity contribution in [3.8, 4) is 0 Å². The van der Waals surface area contributed by atoms with Crippen LogP contribution in [0.2, 0.25) is 0 Å². The first kappa shape index (κ1) is 15.9. The Balaban J connectivity index is 0.00000162. The van der Waals surface area contributed by atoms with Crippen molar-refractivity contribution >= 4 is 38.4 Å². The zero-order chi connectivity index (χ0) is 12.5. The standard InChI is InChI=1S/C11H15BrN2O2S.ClH/c1-13-9-6-7-14(8-9)17(15,16)11-5-3-2-4-10(11)12;/h2-5,9,13H,6-8H2,1H3;1H. The minimum absolute atomic E-state index is 0. The van der Waals surface area contributed by atoms with Gasteiger partial charge >= 0.3 is 0 Å². The second-order valence-electron chi connectivity index (χ2n) is 4.07. The van der Waals surface area contributed by atoms with E-state index in [2.05, 4.69) is 21.2 Å². The third kappa shape index (κ3) is 3.05. The molecule has 0 aliphatic carbocycles. The second kappa shape index (κ2) is 6.34. The van der Waals surface area contributed by atoms with E-state index in [1.54, 1.807) is 18.2 Å². The van der Waals surface area contributed by atoms with Crippen LogP contribution >= 0.6 is 28.3 Å². The minimum atomic E-state index is -3.37. The summed E-state index contributed by atoms with van der Waals surface area (Å²) in [6, 6.07) is 7.18. The van der Waals surface area contributed by atoms with E-state index in [0.717, 1.165) is 6.42 Å². The van der Waals surface area contributed by atoms with Crippen molar-refractivity contribution in [1.82, 2.24) is 9.62 Å². The Bertz CT molecular complexity index is 510. The van der Waals surface area contributed by atoms with Crippen molar-refractivity contribution in [2.24, 2.45) is 0 Å². The summed E-state index contributed by atoms with van der Waals surface area (Å²) in [5, 5.41) is 3.11. The van der Waals surface area contributed by atoms with Gasteiger partial charge in [0.15, 0.2) is 0 Å². The van der Waals surface area contributed by atoms with Crippen molar-refractivity contribution in [3.63, 3.8) is 0 Å². The molecular formula is C11H16BrClN2O2S. The summed E-state index contributed by atoms with van der Waals surface area (Å²) >= 11 is 3.29. The van der Waals surface area contributed by atoms with Gasteiger partial charge in [0.2, 0.25) is 10.0 Å². The first-order valence-corrected chi connectivity index (χ1v) is 7.71. The Labute approximate surface area is 122 Å². The molecule has 7 heteroatoms. The van der Waals surface area contributed by atoms with Crippen LogP contribution in [-0.4, -0.2) is 38.9 Å². The number of benzene rings is 1. The van der Waals surface area contributed by atoms with Gasteiger partial charge in [0, 0.05) is 23.6 Å². The van der Waals surface area contributed by atoms with Gasteiger partial charge in [-0.2, -0.15) is 4.31 Å². The lowest BCUT2D eigenvalue weighted by Crippen LogP contribution is -2.33. The molecule has 1 unspecified atom stereocenters. The fourth-order valence-electron chi connectivity index (χ4n) is 1.98. The molecule has 1 saturated heterocycles. The van der Waals surface area contributed by atoms with Gasteiger partial charge in [-0.15, -0.1) is 12.4 Å². The van der Waals surface area contributed by atoms with Crippen molar-refractivity contribution in [2.75, 3.05) is 20.1 Å². The number of halogens is 2. The predicted molar refractivity (Wildman–Crippen MR) is 77.6 cm³/mol. The largest absolute Gasteiger partial charge is 0.316 e. The van der Waals surface area contributed by atoms with Gasteiger partial charge in [-0.1, -0.05) is 12.1 Å². The summed E-state index contributed by atoms with van der Waals surface area (Å²) in [5.41, 5.74) is 0. The fourth-order valence-corrected chi connectivity index (χ4v) is 4.44. The Hall–Kier alpha value is -0.140. The predicted octanol–water partition coefficient (Wildman–Crippen LogP) is 1.85. The Kier molecular flexibility index (Phi) is 5.61. The van der Waals surface area contributed by atoms with Crippen molar-refractivity contribution in [2.45, 2.75) is 17.4 Å². The SMILES string of the molecule is CNC1CCN(S(=O)(=O)c2ccccc2Br)C1.Cl.